The molecule has 2 aromatic heterocycles. The first kappa shape index (κ1) is 13.9. The third-order valence-electron chi connectivity index (χ3n) is 2.89. The van der Waals surface area contributed by atoms with Crippen LogP contribution in [0.1, 0.15) is 11.3 Å². The fourth-order valence-electron chi connectivity index (χ4n) is 1.73. The van der Waals surface area contributed by atoms with Crippen molar-refractivity contribution in [1.29, 1.82) is 0 Å². The number of nitrogens with zero attached hydrogens (tertiary/aromatic N) is 2. The molecule has 1 amide bonds. The molecule has 0 aliphatic heterocycles. The number of carbonyl (C=O) groups is 1. The van der Waals surface area contributed by atoms with Gasteiger partial charge in [0.25, 0.3) is 5.56 Å². The van der Waals surface area contributed by atoms with Crippen molar-refractivity contribution in [3.63, 3.8) is 0 Å². The van der Waals surface area contributed by atoms with Crippen molar-refractivity contribution in [2.24, 2.45) is 0 Å². The number of nitrogens with one attached hydrogen (secondary N) is 1. The van der Waals surface area contributed by atoms with Crippen molar-refractivity contribution in [2.75, 3.05) is 7.05 Å². The van der Waals surface area contributed by atoms with Gasteiger partial charge in [0.2, 0.25) is 5.91 Å². The zero-order valence-electron chi connectivity index (χ0n) is 11.3. The van der Waals surface area contributed by atoms with E-state index in [1.807, 2.05) is 0 Å². The molecule has 0 aromatic carbocycles. The number of carbonyl (C=O) groups excluding carboxylic acids is 1. The average molecular weight is 277 g/mol. The van der Waals surface area contributed by atoms with E-state index in [1.54, 1.807) is 26.1 Å². The summed E-state index contributed by atoms with van der Waals surface area (Å²) in [6.07, 6.45) is 2.91. The number of aromatic amines is 1. The van der Waals surface area contributed by atoms with Crippen LogP contribution in [-0.4, -0.2) is 27.4 Å². The van der Waals surface area contributed by atoms with Crippen LogP contribution in [0.25, 0.3) is 0 Å². The number of hydrogen-bond acceptors (Lipinski definition) is 4. The standard InChI is InChI=1S/C13H15N3O4/c1-9-6-16(13(19)14-12(9)18)8-11(17)15(2)7-10-4-3-5-20-10/h3-6H,7-8H2,1-2H3,(H,14,18,19). The third-order valence-corrected chi connectivity index (χ3v) is 2.89. The first-order valence-corrected chi connectivity index (χ1v) is 6.04. The van der Waals surface area contributed by atoms with Gasteiger partial charge in [-0.05, 0) is 19.1 Å². The molecule has 0 unspecified atom stereocenters. The highest BCUT2D eigenvalue weighted by atomic mass is 16.3. The van der Waals surface area contributed by atoms with E-state index < -0.39 is 11.2 Å². The lowest BCUT2D eigenvalue weighted by Crippen LogP contribution is -2.37. The molecule has 0 fully saturated rings. The maximum Gasteiger partial charge on any atom is 0.328 e. The molecule has 2 aromatic rings. The van der Waals surface area contributed by atoms with Crippen molar-refractivity contribution in [2.45, 2.75) is 20.0 Å². The Kier molecular flexibility index (Phi) is 3.88. The number of rotatable bonds is 4. The smallest absolute Gasteiger partial charge is 0.328 e. The zero-order chi connectivity index (χ0) is 14.7. The van der Waals surface area contributed by atoms with Crippen LogP contribution in [0.2, 0.25) is 0 Å². The second-order valence-electron chi connectivity index (χ2n) is 4.53. The Morgan fingerprint density at radius 3 is 2.85 bits per heavy atom. The van der Waals surface area contributed by atoms with E-state index in [0.717, 1.165) is 0 Å². The molecule has 0 spiro atoms. The minimum Gasteiger partial charge on any atom is -0.467 e. The van der Waals surface area contributed by atoms with Crippen molar-refractivity contribution in [1.82, 2.24) is 14.5 Å². The first-order valence-electron chi connectivity index (χ1n) is 6.04. The topological polar surface area (TPSA) is 88.3 Å². The Hall–Kier alpha value is -2.57. The zero-order valence-corrected chi connectivity index (χ0v) is 11.3. The number of hydrogen-bond donors (Lipinski definition) is 1. The molecule has 0 aliphatic carbocycles. The Morgan fingerprint density at radius 1 is 1.45 bits per heavy atom. The monoisotopic (exact) mass is 277 g/mol. The molecule has 2 rings (SSSR count). The van der Waals surface area contributed by atoms with Gasteiger partial charge in [-0.2, -0.15) is 0 Å². The predicted molar refractivity (Wildman–Crippen MR) is 71.2 cm³/mol. The lowest BCUT2D eigenvalue weighted by molar-refractivity contribution is -0.131. The normalized spacial score (nSPS) is 10.5. The number of aromatic nitrogens is 2. The van der Waals surface area contributed by atoms with E-state index in [1.165, 1.54) is 21.9 Å². The molecule has 0 atom stereocenters. The molecule has 7 heteroatoms. The Balaban J connectivity index is 2.10. The van der Waals surface area contributed by atoms with Gasteiger partial charge in [0, 0.05) is 18.8 Å². The highest BCUT2D eigenvalue weighted by Gasteiger charge is 2.12. The van der Waals surface area contributed by atoms with Crippen molar-refractivity contribution >= 4 is 5.91 Å². The second kappa shape index (κ2) is 5.60. The van der Waals surface area contributed by atoms with Crippen LogP contribution in [0, 0.1) is 6.92 Å². The highest BCUT2D eigenvalue weighted by Crippen LogP contribution is 2.04. The van der Waals surface area contributed by atoms with Crippen LogP contribution in [-0.2, 0) is 17.9 Å². The summed E-state index contributed by atoms with van der Waals surface area (Å²) in [4.78, 5) is 38.5. The Morgan fingerprint density at radius 2 is 2.20 bits per heavy atom. The molecular formula is C13H15N3O4. The summed E-state index contributed by atoms with van der Waals surface area (Å²) in [6, 6.07) is 3.50. The third kappa shape index (κ3) is 3.05. The quantitative estimate of drug-likeness (QED) is 0.858. The molecule has 0 radical (unpaired) electrons. The summed E-state index contributed by atoms with van der Waals surface area (Å²) in [7, 11) is 1.62. The Labute approximate surface area is 114 Å². The Bertz CT molecular complexity index is 712. The molecule has 0 saturated carbocycles. The highest BCUT2D eigenvalue weighted by molar-refractivity contribution is 5.75. The van der Waals surface area contributed by atoms with Crippen LogP contribution in [0.5, 0.6) is 0 Å². The van der Waals surface area contributed by atoms with E-state index in [0.29, 0.717) is 17.9 Å². The van der Waals surface area contributed by atoms with E-state index in [2.05, 4.69) is 4.98 Å². The van der Waals surface area contributed by atoms with Gasteiger partial charge in [0.05, 0.1) is 12.8 Å². The number of amides is 1. The van der Waals surface area contributed by atoms with Gasteiger partial charge < -0.3 is 9.32 Å². The van der Waals surface area contributed by atoms with Crippen molar-refractivity contribution in [3.8, 4) is 0 Å². The van der Waals surface area contributed by atoms with Gasteiger partial charge in [-0.1, -0.05) is 0 Å². The van der Waals surface area contributed by atoms with Gasteiger partial charge in [-0.25, -0.2) is 4.79 Å². The first-order chi connectivity index (χ1) is 9.47. The molecule has 106 valence electrons. The van der Waals surface area contributed by atoms with E-state index in [-0.39, 0.29) is 12.5 Å². The van der Waals surface area contributed by atoms with Crippen LogP contribution < -0.4 is 11.2 Å². The fourth-order valence-corrected chi connectivity index (χ4v) is 1.73. The summed E-state index contributed by atoms with van der Waals surface area (Å²) >= 11 is 0. The number of aryl methyl sites for hydroxylation is 1. The number of furan rings is 1. The molecule has 0 saturated heterocycles. The van der Waals surface area contributed by atoms with E-state index in [9.17, 15) is 14.4 Å². The second-order valence-corrected chi connectivity index (χ2v) is 4.53. The molecule has 20 heavy (non-hydrogen) atoms. The lowest BCUT2D eigenvalue weighted by Gasteiger charge is -2.16. The predicted octanol–water partition coefficient (Wildman–Crippen LogP) is 0.0966. The van der Waals surface area contributed by atoms with Gasteiger partial charge in [-0.3, -0.25) is 19.1 Å². The summed E-state index contributed by atoms with van der Waals surface area (Å²) in [5, 5.41) is 0. The molecule has 7 nitrogen and oxygen atoms in total. The van der Waals surface area contributed by atoms with Gasteiger partial charge >= 0.3 is 5.69 Å². The van der Waals surface area contributed by atoms with Crippen molar-refractivity contribution in [3.05, 3.63) is 56.8 Å². The van der Waals surface area contributed by atoms with Gasteiger partial charge in [0.15, 0.2) is 0 Å². The van der Waals surface area contributed by atoms with Crippen LogP contribution >= 0.6 is 0 Å². The average Bonchev–Trinajstić information content (AvgIpc) is 2.88. The van der Waals surface area contributed by atoms with Crippen LogP contribution in [0.15, 0.2) is 38.6 Å². The fraction of sp³-hybridized carbons (Fsp3) is 0.308. The molecule has 1 N–H and O–H groups in total. The molecule has 0 bridgehead atoms. The minimum absolute atomic E-state index is 0.131. The summed E-state index contributed by atoms with van der Waals surface area (Å²) < 4.78 is 6.33. The van der Waals surface area contributed by atoms with Crippen LogP contribution in [0.3, 0.4) is 0 Å². The van der Waals surface area contributed by atoms with E-state index in [4.69, 9.17) is 4.42 Å². The number of likely N-dealkylation sites (N-methyl/N-ethyl adjacent to an activating group) is 1. The molecular weight excluding hydrogens is 262 g/mol. The summed E-state index contributed by atoms with van der Waals surface area (Å²) in [5.74, 6) is 0.404. The van der Waals surface area contributed by atoms with Gasteiger partial charge in [-0.15, -0.1) is 0 Å². The van der Waals surface area contributed by atoms with Gasteiger partial charge in [0.1, 0.15) is 12.3 Å². The largest absolute Gasteiger partial charge is 0.467 e. The minimum atomic E-state index is -0.597. The molecule has 2 heterocycles. The summed E-state index contributed by atoms with van der Waals surface area (Å²) in [6.45, 7) is 1.77. The maximum atomic E-state index is 12.0. The van der Waals surface area contributed by atoms with E-state index >= 15 is 0 Å². The lowest BCUT2D eigenvalue weighted by atomic mass is 10.3. The number of H-pyrrole nitrogens is 1. The maximum absolute atomic E-state index is 12.0. The van der Waals surface area contributed by atoms with Crippen molar-refractivity contribution < 1.29 is 9.21 Å². The SMILES string of the molecule is Cc1cn(CC(=O)N(C)Cc2ccco2)c(=O)[nH]c1=O. The molecule has 0 aliphatic rings. The summed E-state index contributed by atoms with van der Waals surface area (Å²) in [5.41, 5.74) is -0.658. The van der Waals surface area contributed by atoms with Crippen LogP contribution in [0.4, 0.5) is 0 Å².